The molecule has 4 aromatic heterocycles. The average Bonchev–Trinajstić information content (AvgIpc) is 3.15. The van der Waals surface area contributed by atoms with E-state index < -0.39 is 52.8 Å². The smallest absolute Gasteiger partial charge is 0.315 e. The molecule has 0 atom stereocenters. The summed E-state index contributed by atoms with van der Waals surface area (Å²) in [5.74, 6) is -2.93. The van der Waals surface area contributed by atoms with Crippen molar-refractivity contribution in [2.45, 2.75) is 19.6 Å². The van der Waals surface area contributed by atoms with Crippen LogP contribution in [0, 0.1) is 12.7 Å². The van der Waals surface area contributed by atoms with Crippen molar-refractivity contribution in [3.63, 3.8) is 0 Å². The molecule has 2 N–H and O–H groups in total. The van der Waals surface area contributed by atoms with Crippen LogP contribution in [0.1, 0.15) is 11.3 Å². The van der Waals surface area contributed by atoms with Crippen molar-refractivity contribution in [1.29, 1.82) is 0 Å². The average molecular weight is 477 g/mol. The fourth-order valence-corrected chi connectivity index (χ4v) is 3.31. The number of pyridine rings is 2. The molecule has 4 heterocycles. The number of nitrogens with one attached hydrogen (secondary N) is 2. The quantitative estimate of drug-likeness (QED) is 0.433. The van der Waals surface area contributed by atoms with Crippen molar-refractivity contribution >= 4 is 22.9 Å². The zero-order valence-electron chi connectivity index (χ0n) is 17.6. The Hall–Kier alpha value is -4.36. The summed E-state index contributed by atoms with van der Waals surface area (Å²) in [6, 6.07) is 3.20. The molecule has 0 aromatic carbocycles. The van der Waals surface area contributed by atoms with Crippen molar-refractivity contribution in [2.24, 2.45) is 7.05 Å². The predicted molar refractivity (Wildman–Crippen MR) is 111 cm³/mol. The summed E-state index contributed by atoms with van der Waals surface area (Å²) in [5.41, 5.74) is -3.43. The fraction of sp³-hybridized carbons (Fsp3) is 0.200. The Morgan fingerprint density at radius 3 is 2.59 bits per heavy atom. The molecule has 0 unspecified atom stereocenters. The first-order valence-corrected chi connectivity index (χ1v) is 9.60. The van der Waals surface area contributed by atoms with Gasteiger partial charge < -0.3 is 9.88 Å². The summed E-state index contributed by atoms with van der Waals surface area (Å²) >= 11 is 0. The molecule has 14 heteroatoms. The van der Waals surface area contributed by atoms with Crippen molar-refractivity contribution < 1.29 is 22.4 Å². The van der Waals surface area contributed by atoms with E-state index in [1.807, 2.05) is 0 Å². The lowest BCUT2D eigenvalue weighted by atomic mass is 10.1. The molecule has 4 aromatic rings. The highest BCUT2D eigenvalue weighted by Gasteiger charge is 2.38. The van der Waals surface area contributed by atoms with Gasteiger partial charge in [-0.2, -0.15) is 13.2 Å². The van der Waals surface area contributed by atoms with E-state index in [9.17, 15) is 31.9 Å². The number of carbonyl (C=O) groups is 1. The SMILES string of the molecule is Cc1ccc(-c2nc(NC(=O)Cn3cnc4c3c(=O)[nH]c(=O)n4C)cc(F)c2C(F)(F)F)cn1. The molecule has 0 aliphatic carbocycles. The number of amides is 1. The van der Waals surface area contributed by atoms with Crippen LogP contribution in [0.4, 0.5) is 23.4 Å². The Labute approximate surface area is 186 Å². The van der Waals surface area contributed by atoms with Crippen LogP contribution in [0.3, 0.4) is 0 Å². The van der Waals surface area contributed by atoms with E-state index in [0.717, 1.165) is 21.7 Å². The van der Waals surface area contributed by atoms with Crippen molar-refractivity contribution in [3.8, 4) is 11.3 Å². The molecule has 0 aliphatic rings. The van der Waals surface area contributed by atoms with Crippen LogP contribution in [0.5, 0.6) is 0 Å². The van der Waals surface area contributed by atoms with E-state index in [4.69, 9.17) is 0 Å². The van der Waals surface area contributed by atoms with Gasteiger partial charge in [0.15, 0.2) is 11.2 Å². The molecule has 1 amide bonds. The lowest BCUT2D eigenvalue weighted by Gasteiger charge is -2.15. The van der Waals surface area contributed by atoms with Crippen molar-refractivity contribution in [1.82, 2.24) is 29.1 Å². The Bertz CT molecular complexity index is 1540. The Morgan fingerprint density at radius 2 is 1.94 bits per heavy atom. The van der Waals surface area contributed by atoms with Crippen molar-refractivity contribution in [3.05, 3.63) is 68.6 Å². The maximum atomic E-state index is 14.5. The number of fused-ring (bicyclic) bond motifs is 1. The highest BCUT2D eigenvalue weighted by Crippen LogP contribution is 2.38. The lowest BCUT2D eigenvalue weighted by Crippen LogP contribution is -2.30. The summed E-state index contributed by atoms with van der Waals surface area (Å²) in [4.78, 5) is 50.1. The maximum absolute atomic E-state index is 14.5. The van der Waals surface area contributed by atoms with Gasteiger partial charge in [-0.15, -0.1) is 0 Å². The first-order valence-electron chi connectivity index (χ1n) is 9.60. The predicted octanol–water partition coefficient (Wildman–Crippen LogP) is 1.99. The molecule has 4 rings (SSSR count). The largest absolute Gasteiger partial charge is 0.421 e. The minimum Gasteiger partial charge on any atom is -0.315 e. The summed E-state index contributed by atoms with van der Waals surface area (Å²) < 4.78 is 57.3. The number of nitrogens with zero attached hydrogens (tertiary/aromatic N) is 5. The van der Waals surface area contributed by atoms with E-state index in [1.54, 1.807) is 6.92 Å². The first-order chi connectivity index (χ1) is 16.0. The number of alkyl halides is 3. The van der Waals surface area contributed by atoms with Gasteiger partial charge in [0.1, 0.15) is 23.7 Å². The molecule has 0 saturated heterocycles. The topological polar surface area (TPSA) is 128 Å². The van der Waals surface area contributed by atoms with E-state index in [2.05, 4.69) is 25.3 Å². The summed E-state index contributed by atoms with van der Waals surface area (Å²) in [6.07, 6.45) is -2.79. The second-order valence-corrected chi connectivity index (χ2v) is 7.31. The van der Waals surface area contributed by atoms with Crippen molar-refractivity contribution in [2.75, 3.05) is 5.32 Å². The Morgan fingerprint density at radius 1 is 1.21 bits per heavy atom. The van der Waals surface area contributed by atoms with Gasteiger partial charge in [-0.1, -0.05) is 0 Å². The lowest BCUT2D eigenvalue weighted by molar-refractivity contribution is -0.139. The molecule has 0 aliphatic heterocycles. The van der Waals surface area contributed by atoms with Crippen LogP contribution >= 0.6 is 0 Å². The van der Waals surface area contributed by atoms with Gasteiger partial charge in [0.25, 0.3) is 5.56 Å². The molecule has 0 fully saturated rings. The third kappa shape index (κ3) is 4.16. The molecule has 0 spiro atoms. The van der Waals surface area contributed by atoms with Gasteiger partial charge in [-0.3, -0.25) is 24.1 Å². The number of hydrogen-bond acceptors (Lipinski definition) is 6. The molecular formula is C20H15F4N7O3. The number of rotatable bonds is 4. The van der Waals surface area contributed by atoms with Crippen LogP contribution < -0.4 is 16.6 Å². The second kappa shape index (κ2) is 8.20. The van der Waals surface area contributed by atoms with Gasteiger partial charge in [-0.05, 0) is 19.1 Å². The van der Waals surface area contributed by atoms with E-state index >= 15 is 0 Å². The Balaban J connectivity index is 1.70. The summed E-state index contributed by atoms with van der Waals surface area (Å²) in [5, 5.41) is 2.22. The molecule has 0 saturated carbocycles. The highest BCUT2D eigenvalue weighted by molar-refractivity contribution is 5.91. The Kier molecular flexibility index (Phi) is 5.51. The highest BCUT2D eigenvalue weighted by atomic mass is 19.4. The van der Waals surface area contributed by atoms with Crippen LogP contribution in [0.2, 0.25) is 0 Å². The van der Waals surface area contributed by atoms with E-state index in [-0.39, 0.29) is 16.7 Å². The molecule has 0 radical (unpaired) electrons. The number of aryl methyl sites for hydroxylation is 2. The minimum atomic E-state index is -5.05. The third-order valence-electron chi connectivity index (χ3n) is 4.90. The van der Waals surface area contributed by atoms with Crippen LogP contribution in [0.15, 0.2) is 40.3 Å². The number of hydrogen-bond donors (Lipinski definition) is 2. The van der Waals surface area contributed by atoms with E-state index in [0.29, 0.717) is 11.8 Å². The van der Waals surface area contributed by atoms with Crippen LogP contribution in [-0.2, 0) is 24.6 Å². The number of H-pyrrole nitrogens is 1. The number of carbonyl (C=O) groups excluding carboxylic acids is 1. The number of aromatic amines is 1. The molecule has 34 heavy (non-hydrogen) atoms. The van der Waals surface area contributed by atoms with E-state index in [1.165, 1.54) is 19.2 Å². The van der Waals surface area contributed by atoms with Crippen LogP contribution in [0.25, 0.3) is 22.4 Å². The number of halogens is 4. The summed E-state index contributed by atoms with van der Waals surface area (Å²) in [6.45, 7) is 1.12. The molecule has 10 nitrogen and oxygen atoms in total. The standard InChI is InChI=1S/C20H15F4N7O3/c1-9-3-4-10(6-25-9)15-14(20(22,23)24)11(21)5-12(28-15)27-13(32)7-31-8-26-17-16(31)18(33)29-19(34)30(17)2/h3-6,8H,7H2,1-2H3,(H,27,28,32)(H,29,33,34). The zero-order chi connectivity index (χ0) is 24.8. The minimum absolute atomic E-state index is 0.0226. The van der Waals surface area contributed by atoms with Gasteiger partial charge in [0.05, 0.1) is 12.0 Å². The number of aromatic nitrogens is 6. The molecule has 0 bridgehead atoms. The van der Waals surface area contributed by atoms with Gasteiger partial charge in [0.2, 0.25) is 5.91 Å². The van der Waals surface area contributed by atoms with Gasteiger partial charge in [0, 0.05) is 30.6 Å². The van der Waals surface area contributed by atoms with Gasteiger partial charge in [-0.25, -0.2) is 19.2 Å². The molecule has 176 valence electrons. The maximum Gasteiger partial charge on any atom is 0.421 e. The van der Waals surface area contributed by atoms with Crippen LogP contribution in [-0.4, -0.2) is 35.0 Å². The zero-order valence-corrected chi connectivity index (χ0v) is 17.6. The number of imidazole rings is 1. The third-order valence-corrected chi connectivity index (χ3v) is 4.90. The molecular weight excluding hydrogens is 462 g/mol. The second-order valence-electron chi connectivity index (χ2n) is 7.31. The normalized spacial score (nSPS) is 11.7. The van der Waals surface area contributed by atoms with Gasteiger partial charge >= 0.3 is 11.9 Å². The monoisotopic (exact) mass is 477 g/mol. The number of anilines is 1. The first kappa shape index (κ1) is 22.8. The summed E-state index contributed by atoms with van der Waals surface area (Å²) in [7, 11) is 1.37. The fourth-order valence-electron chi connectivity index (χ4n) is 3.31.